The summed E-state index contributed by atoms with van der Waals surface area (Å²) in [5.74, 6) is 0.407. The number of ether oxygens (including phenoxy) is 2. The SMILES string of the molecule is CCOc1c(Cc2cccc3ccccc23)n(CC(=O)c2ccc(OC)cc2)c(=O)[nH]c1=O. The van der Waals surface area contributed by atoms with E-state index in [1.807, 2.05) is 42.5 Å². The average molecular weight is 444 g/mol. The van der Waals surface area contributed by atoms with Crippen LogP contribution in [0, 0.1) is 0 Å². The first-order chi connectivity index (χ1) is 16.0. The van der Waals surface area contributed by atoms with Gasteiger partial charge in [-0.05, 0) is 47.5 Å². The molecule has 0 aliphatic rings. The summed E-state index contributed by atoms with van der Waals surface area (Å²) in [6.07, 6.45) is 0.256. The molecule has 0 fully saturated rings. The van der Waals surface area contributed by atoms with E-state index in [-0.39, 0.29) is 31.1 Å². The fourth-order valence-electron chi connectivity index (χ4n) is 3.87. The number of nitrogens with one attached hydrogen (secondary N) is 1. The maximum Gasteiger partial charge on any atom is 0.329 e. The molecule has 0 aliphatic heterocycles. The van der Waals surface area contributed by atoms with E-state index in [4.69, 9.17) is 9.47 Å². The van der Waals surface area contributed by atoms with Crippen molar-refractivity contribution >= 4 is 16.6 Å². The average Bonchev–Trinajstić information content (AvgIpc) is 2.84. The van der Waals surface area contributed by atoms with E-state index >= 15 is 0 Å². The molecule has 0 bridgehead atoms. The van der Waals surface area contributed by atoms with Crippen molar-refractivity contribution < 1.29 is 14.3 Å². The molecular formula is C26H24N2O5. The van der Waals surface area contributed by atoms with Crippen molar-refractivity contribution in [2.45, 2.75) is 19.9 Å². The van der Waals surface area contributed by atoms with Crippen LogP contribution < -0.4 is 20.7 Å². The van der Waals surface area contributed by atoms with Crippen molar-refractivity contribution in [3.05, 3.63) is 104 Å². The van der Waals surface area contributed by atoms with Gasteiger partial charge in [0, 0.05) is 12.0 Å². The predicted molar refractivity (Wildman–Crippen MR) is 127 cm³/mol. The van der Waals surface area contributed by atoms with Gasteiger partial charge in [0.1, 0.15) is 5.75 Å². The Kier molecular flexibility index (Phi) is 6.40. The van der Waals surface area contributed by atoms with Crippen LogP contribution in [-0.4, -0.2) is 29.1 Å². The Hall–Kier alpha value is -4.13. The third-order valence-corrected chi connectivity index (χ3v) is 5.50. The molecule has 0 amide bonds. The molecule has 3 aromatic carbocycles. The Morgan fingerprint density at radius 2 is 1.70 bits per heavy atom. The van der Waals surface area contributed by atoms with Crippen LogP contribution in [0.5, 0.6) is 11.5 Å². The molecule has 1 N–H and O–H groups in total. The van der Waals surface area contributed by atoms with Crippen molar-refractivity contribution in [1.82, 2.24) is 9.55 Å². The molecule has 7 heteroatoms. The molecule has 4 rings (SSSR count). The van der Waals surface area contributed by atoms with Crippen molar-refractivity contribution in [2.24, 2.45) is 0 Å². The van der Waals surface area contributed by atoms with Crippen molar-refractivity contribution in [1.29, 1.82) is 0 Å². The molecule has 0 radical (unpaired) electrons. The lowest BCUT2D eigenvalue weighted by Crippen LogP contribution is -2.36. The highest BCUT2D eigenvalue weighted by molar-refractivity contribution is 5.96. The molecule has 1 aromatic heterocycles. The monoisotopic (exact) mass is 444 g/mol. The first-order valence-electron chi connectivity index (χ1n) is 10.6. The molecule has 1 heterocycles. The molecule has 0 unspecified atom stereocenters. The quantitative estimate of drug-likeness (QED) is 0.420. The highest BCUT2D eigenvalue weighted by Gasteiger charge is 2.20. The van der Waals surface area contributed by atoms with Crippen molar-refractivity contribution in [3.63, 3.8) is 0 Å². The standard InChI is InChI=1S/C26H24N2O5/c1-3-33-24-22(15-19-9-6-8-17-7-4-5-10-21(17)19)28(26(31)27-25(24)30)16-23(29)18-11-13-20(32-2)14-12-18/h4-14H,3,15-16H2,1-2H3,(H,27,30,31). The van der Waals surface area contributed by atoms with Crippen LogP contribution in [-0.2, 0) is 13.0 Å². The number of methoxy groups -OCH3 is 1. The third-order valence-electron chi connectivity index (χ3n) is 5.50. The summed E-state index contributed by atoms with van der Waals surface area (Å²) in [5, 5.41) is 2.05. The smallest absolute Gasteiger partial charge is 0.329 e. The summed E-state index contributed by atoms with van der Waals surface area (Å²) in [7, 11) is 1.55. The molecule has 7 nitrogen and oxygen atoms in total. The zero-order valence-corrected chi connectivity index (χ0v) is 18.5. The molecular weight excluding hydrogens is 420 g/mol. The Labute approximate surface area is 190 Å². The minimum atomic E-state index is -0.652. The van der Waals surface area contributed by atoms with Gasteiger partial charge in [0.25, 0.3) is 5.56 Å². The van der Waals surface area contributed by atoms with E-state index in [1.54, 1.807) is 38.3 Å². The molecule has 33 heavy (non-hydrogen) atoms. The largest absolute Gasteiger partial charge is 0.497 e. The second-order valence-electron chi connectivity index (χ2n) is 7.52. The molecule has 0 saturated heterocycles. The van der Waals surface area contributed by atoms with Gasteiger partial charge < -0.3 is 9.47 Å². The van der Waals surface area contributed by atoms with Crippen molar-refractivity contribution in [2.75, 3.05) is 13.7 Å². The fraction of sp³-hybridized carbons (Fsp3) is 0.192. The zero-order valence-electron chi connectivity index (χ0n) is 18.5. The second-order valence-corrected chi connectivity index (χ2v) is 7.52. The predicted octanol–water partition coefficient (Wildman–Crippen LogP) is 3.57. The van der Waals surface area contributed by atoms with Gasteiger partial charge in [-0.1, -0.05) is 42.5 Å². The number of aromatic amines is 1. The molecule has 4 aromatic rings. The highest BCUT2D eigenvalue weighted by atomic mass is 16.5. The van der Waals surface area contributed by atoms with Crippen LogP contribution >= 0.6 is 0 Å². The second kappa shape index (κ2) is 9.56. The number of carbonyl (C=O) groups is 1. The molecule has 0 aliphatic carbocycles. The summed E-state index contributed by atoms with van der Waals surface area (Å²) in [4.78, 5) is 40.7. The Balaban J connectivity index is 1.81. The van der Waals surface area contributed by atoms with E-state index < -0.39 is 11.2 Å². The number of carbonyl (C=O) groups excluding carboxylic acids is 1. The third kappa shape index (κ3) is 4.57. The summed E-state index contributed by atoms with van der Waals surface area (Å²) in [5.41, 5.74) is 0.460. The number of H-pyrrole nitrogens is 1. The summed E-state index contributed by atoms with van der Waals surface area (Å²) in [6, 6.07) is 20.4. The van der Waals surface area contributed by atoms with Crippen LogP contribution in [0.15, 0.2) is 76.3 Å². The van der Waals surface area contributed by atoms with E-state index in [2.05, 4.69) is 4.98 Å². The number of ketones is 1. The molecule has 168 valence electrons. The van der Waals surface area contributed by atoms with Gasteiger partial charge in [-0.2, -0.15) is 0 Å². The number of hydrogen-bond donors (Lipinski definition) is 1. The number of Topliss-reactive ketones (excluding diaryl/α,β-unsaturated/α-hetero) is 1. The van der Waals surface area contributed by atoms with Gasteiger partial charge >= 0.3 is 5.69 Å². The van der Waals surface area contributed by atoms with Crippen LogP contribution in [0.4, 0.5) is 0 Å². The lowest BCUT2D eigenvalue weighted by atomic mass is 10.00. The number of aromatic nitrogens is 2. The van der Waals surface area contributed by atoms with Gasteiger partial charge in [0.05, 0.1) is 26.0 Å². The number of hydrogen-bond acceptors (Lipinski definition) is 5. The number of rotatable bonds is 8. The molecule has 0 saturated carbocycles. The van der Waals surface area contributed by atoms with Gasteiger partial charge in [-0.15, -0.1) is 0 Å². The van der Waals surface area contributed by atoms with Gasteiger partial charge in [-0.25, -0.2) is 4.79 Å². The first kappa shape index (κ1) is 22.1. The Morgan fingerprint density at radius 1 is 0.970 bits per heavy atom. The van der Waals surface area contributed by atoms with E-state index in [0.717, 1.165) is 16.3 Å². The molecule has 0 spiro atoms. The fourth-order valence-corrected chi connectivity index (χ4v) is 3.87. The number of fused-ring (bicyclic) bond motifs is 1. The van der Waals surface area contributed by atoms with Gasteiger partial charge in [0.2, 0.25) is 5.75 Å². The Morgan fingerprint density at radius 3 is 2.42 bits per heavy atom. The summed E-state index contributed by atoms with van der Waals surface area (Å²) < 4.78 is 12.1. The van der Waals surface area contributed by atoms with Crippen LogP contribution in [0.2, 0.25) is 0 Å². The minimum Gasteiger partial charge on any atom is -0.497 e. The van der Waals surface area contributed by atoms with E-state index in [0.29, 0.717) is 17.0 Å². The van der Waals surface area contributed by atoms with Crippen molar-refractivity contribution in [3.8, 4) is 11.5 Å². The van der Waals surface area contributed by atoms with Gasteiger partial charge in [0.15, 0.2) is 5.78 Å². The van der Waals surface area contributed by atoms with E-state index in [9.17, 15) is 14.4 Å². The maximum absolute atomic E-state index is 13.0. The first-order valence-corrected chi connectivity index (χ1v) is 10.6. The summed E-state index contributed by atoms with van der Waals surface area (Å²) >= 11 is 0. The molecule has 0 atom stereocenters. The highest BCUT2D eigenvalue weighted by Crippen LogP contribution is 2.24. The lowest BCUT2D eigenvalue weighted by molar-refractivity contribution is 0.0968. The topological polar surface area (TPSA) is 90.4 Å². The summed E-state index contributed by atoms with van der Waals surface area (Å²) in [6.45, 7) is 1.78. The van der Waals surface area contributed by atoms with Gasteiger partial charge in [-0.3, -0.25) is 19.1 Å². The Bertz CT molecular complexity index is 1410. The number of benzene rings is 3. The minimum absolute atomic E-state index is 0.0487. The van der Waals surface area contributed by atoms with Crippen LogP contribution in [0.3, 0.4) is 0 Å². The normalized spacial score (nSPS) is 10.8. The zero-order chi connectivity index (χ0) is 23.4. The lowest BCUT2D eigenvalue weighted by Gasteiger charge is -2.17. The van der Waals surface area contributed by atoms with Crippen LogP contribution in [0.1, 0.15) is 28.5 Å². The number of nitrogens with zero attached hydrogens (tertiary/aromatic N) is 1. The van der Waals surface area contributed by atoms with E-state index in [1.165, 1.54) is 4.57 Å². The van der Waals surface area contributed by atoms with Crippen LogP contribution in [0.25, 0.3) is 10.8 Å². The maximum atomic E-state index is 13.0.